The Morgan fingerprint density at radius 1 is 0.740 bits per heavy atom. The topological polar surface area (TPSA) is 159 Å². The van der Waals surface area contributed by atoms with E-state index < -0.39 is 5.97 Å². The van der Waals surface area contributed by atoms with Crippen molar-refractivity contribution in [1.29, 1.82) is 0 Å². The molecule has 5 aromatic rings. The van der Waals surface area contributed by atoms with Gasteiger partial charge >= 0.3 is 11.9 Å². The van der Waals surface area contributed by atoms with Gasteiger partial charge in [0.15, 0.2) is 0 Å². The Bertz CT molecular complexity index is 1960. The van der Waals surface area contributed by atoms with Gasteiger partial charge in [-0.1, -0.05) is 49.7 Å². The number of hydrogen-bond donors (Lipinski definition) is 2. The largest absolute Gasteiger partial charge is 0.465 e. The third-order valence-corrected chi connectivity index (χ3v) is 8.37. The number of amides is 1. The minimum absolute atomic E-state index is 0.180. The second kappa shape index (κ2) is 18.3. The lowest BCUT2D eigenvalue weighted by Gasteiger charge is -2.19. The quantitative estimate of drug-likeness (QED) is 0.108. The minimum atomic E-state index is -0.432. The Balaban J connectivity index is 0.000000244. The lowest BCUT2D eigenvalue weighted by atomic mass is 10.0. The number of nitrogens with one attached hydrogen (secondary N) is 1. The summed E-state index contributed by atoms with van der Waals surface area (Å²) in [5, 5.41) is 3.52. The lowest BCUT2D eigenvalue weighted by Crippen LogP contribution is -2.29. The van der Waals surface area contributed by atoms with Crippen LogP contribution in [0.1, 0.15) is 81.2 Å². The van der Waals surface area contributed by atoms with Gasteiger partial charge in [-0.15, -0.1) is 0 Å². The van der Waals surface area contributed by atoms with E-state index in [0.717, 1.165) is 21.2 Å². The van der Waals surface area contributed by atoms with Crippen LogP contribution in [-0.4, -0.2) is 52.0 Å². The average Bonchev–Trinajstić information content (AvgIpc) is 3.15. The summed E-state index contributed by atoms with van der Waals surface area (Å²) in [7, 11) is 2.69. The summed E-state index contributed by atoms with van der Waals surface area (Å²) in [6.45, 7) is 3.95. The van der Waals surface area contributed by atoms with Gasteiger partial charge in [-0.2, -0.15) is 0 Å². The van der Waals surface area contributed by atoms with Crippen LogP contribution in [0.5, 0.6) is 0 Å². The third-order valence-electron chi connectivity index (χ3n) is 7.53. The van der Waals surface area contributed by atoms with E-state index in [1.807, 2.05) is 26.0 Å². The standard InChI is InChI=1S/C22H19ClIN3O3.C15H17N3O2/c1-3-18(27-21(28)15-10-16(23)12-17(24)11-15)20-19(25-7-8-26-20)13-5-4-6-14(9-13)22(29)30-2;1-3-12(16)14-13(17-7-8-18-14)10-5-4-6-11(9-10)15(19)20-2/h4-12,18H,3H2,1-2H3,(H,27,28);4-9,12H,3,16H2,1-2H3/t18-;/m1./s1. The number of rotatable bonds is 10. The Morgan fingerprint density at radius 2 is 1.26 bits per heavy atom. The van der Waals surface area contributed by atoms with Crippen molar-refractivity contribution in [2.24, 2.45) is 5.73 Å². The molecule has 1 unspecified atom stereocenters. The second-order valence-electron chi connectivity index (χ2n) is 10.8. The van der Waals surface area contributed by atoms with Crippen LogP contribution in [0.3, 0.4) is 0 Å². The number of nitrogens with zero attached hydrogens (tertiary/aromatic N) is 4. The smallest absolute Gasteiger partial charge is 0.337 e. The van der Waals surface area contributed by atoms with Gasteiger partial charge in [0.25, 0.3) is 5.91 Å². The molecule has 0 aliphatic heterocycles. The SMILES string of the molecule is CCC(N)c1nccnc1-c1cccc(C(=O)OC)c1.CC[C@@H](NC(=O)c1cc(Cl)cc(I)c1)c1nccnc1-c1cccc(C(=O)OC)c1. The van der Waals surface area contributed by atoms with Gasteiger partial charge in [0.05, 0.1) is 54.2 Å². The zero-order valence-electron chi connectivity index (χ0n) is 27.9. The number of carbonyl (C=O) groups is 3. The van der Waals surface area contributed by atoms with Crippen LogP contribution >= 0.6 is 34.2 Å². The molecule has 0 saturated heterocycles. The van der Waals surface area contributed by atoms with Crippen molar-refractivity contribution in [3.05, 3.63) is 128 Å². The van der Waals surface area contributed by atoms with E-state index in [2.05, 4.69) is 47.8 Å². The van der Waals surface area contributed by atoms with E-state index in [4.69, 9.17) is 26.8 Å². The van der Waals surface area contributed by atoms with Crippen molar-refractivity contribution in [3.63, 3.8) is 0 Å². The molecule has 0 fully saturated rings. The minimum Gasteiger partial charge on any atom is -0.465 e. The Morgan fingerprint density at radius 3 is 1.76 bits per heavy atom. The van der Waals surface area contributed by atoms with Gasteiger partial charge in [0, 0.05) is 56.1 Å². The molecule has 50 heavy (non-hydrogen) atoms. The molecule has 0 radical (unpaired) electrons. The first-order valence-electron chi connectivity index (χ1n) is 15.6. The van der Waals surface area contributed by atoms with Crippen molar-refractivity contribution in [2.75, 3.05) is 14.2 Å². The first-order chi connectivity index (χ1) is 24.1. The van der Waals surface area contributed by atoms with Crippen molar-refractivity contribution in [3.8, 4) is 22.5 Å². The van der Waals surface area contributed by atoms with Crippen LogP contribution in [-0.2, 0) is 9.47 Å². The van der Waals surface area contributed by atoms with Crippen molar-refractivity contribution < 1.29 is 23.9 Å². The summed E-state index contributed by atoms with van der Waals surface area (Å²) in [4.78, 5) is 53.9. The van der Waals surface area contributed by atoms with Gasteiger partial charge in [-0.25, -0.2) is 9.59 Å². The van der Waals surface area contributed by atoms with E-state index >= 15 is 0 Å². The normalized spacial score (nSPS) is 11.7. The maximum absolute atomic E-state index is 12.8. The fourth-order valence-electron chi connectivity index (χ4n) is 4.98. The molecule has 1 amide bonds. The monoisotopic (exact) mass is 806 g/mol. The number of aromatic nitrogens is 4. The maximum Gasteiger partial charge on any atom is 0.337 e. The van der Waals surface area contributed by atoms with E-state index in [-0.39, 0.29) is 24.0 Å². The van der Waals surface area contributed by atoms with Crippen LogP contribution in [0, 0.1) is 3.57 Å². The fraction of sp³-hybridized carbons (Fsp3) is 0.216. The number of nitrogens with two attached hydrogens (primary N) is 1. The van der Waals surface area contributed by atoms with Crippen LogP contribution in [0.25, 0.3) is 22.5 Å². The molecule has 2 heterocycles. The number of ether oxygens (including phenoxy) is 2. The molecule has 3 N–H and O–H groups in total. The third kappa shape index (κ3) is 9.67. The van der Waals surface area contributed by atoms with Gasteiger partial charge in [0.2, 0.25) is 0 Å². The molecular formula is C37H36ClIN6O5. The Labute approximate surface area is 309 Å². The number of methoxy groups -OCH3 is 2. The highest BCUT2D eigenvalue weighted by Gasteiger charge is 2.21. The first kappa shape index (κ1) is 38.0. The van der Waals surface area contributed by atoms with Crippen molar-refractivity contribution in [1.82, 2.24) is 25.3 Å². The molecule has 3 aromatic carbocycles. The zero-order chi connectivity index (χ0) is 36.2. The van der Waals surface area contributed by atoms with E-state index in [9.17, 15) is 14.4 Å². The summed E-state index contributed by atoms with van der Waals surface area (Å²) in [5.41, 5.74) is 11.6. The summed E-state index contributed by atoms with van der Waals surface area (Å²) >= 11 is 8.21. The number of hydrogen-bond acceptors (Lipinski definition) is 10. The maximum atomic E-state index is 12.8. The summed E-state index contributed by atoms with van der Waals surface area (Å²) in [6, 6.07) is 18.7. The molecular weight excluding hydrogens is 771 g/mol. The highest BCUT2D eigenvalue weighted by atomic mass is 127. The van der Waals surface area contributed by atoms with E-state index in [0.29, 0.717) is 50.8 Å². The predicted molar refractivity (Wildman–Crippen MR) is 200 cm³/mol. The molecule has 0 aliphatic rings. The van der Waals surface area contributed by atoms with Crippen LogP contribution in [0.15, 0.2) is 91.5 Å². The molecule has 13 heteroatoms. The van der Waals surface area contributed by atoms with Gasteiger partial charge in [0.1, 0.15) is 0 Å². The highest BCUT2D eigenvalue weighted by Crippen LogP contribution is 2.28. The van der Waals surface area contributed by atoms with Crippen LogP contribution in [0.4, 0.5) is 0 Å². The number of carbonyl (C=O) groups excluding carboxylic acids is 3. The molecule has 258 valence electrons. The van der Waals surface area contributed by atoms with Crippen LogP contribution < -0.4 is 11.1 Å². The van der Waals surface area contributed by atoms with Gasteiger partial charge in [-0.05, 0) is 77.9 Å². The first-order valence-corrected chi connectivity index (χ1v) is 17.1. The second-order valence-corrected chi connectivity index (χ2v) is 12.5. The van der Waals surface area contributed by atoms with Crippen LogP contribution in [0.2, 0.25) is 5.02 Å². The van der Waals surface area contributed by atoms with Gasteiger partial charge < -0.3 is 20.5 Å². The molecule has 11 nitrogen and oxygen atoms in total. The van der Waals surface area contributed by atoms with Crippen molar-refractivity contribution in [2.45, 2.75) is 38.8 Å². The van der Waals surface area contributed by atoms with Gasteiger partial charge in [-0.3, -0.25) is 24.7 Å². The van der Waals surface area contributed by atoms with Crippen molar-refractivity contribution >= 4 is 52.0 Å². The summed E-state index contributed by atoms with van der Waals surface area (Å²) in [5.74, 6) is -1.06. The summed E-state index contributed by atoms with van der Waals surface area (Å²) in [6.07, 6.45) is 7.77. The number of esters is 2. The molecule has 5 rings (SSSR count). The number of halogens is 2. The molecule has 0 bridgehead atoms. The van der Waals surface area contributed by atoms with E-state index in [1.54, 1.807) is 79.4 Å². The average molecular weight is 807 g/mol. The Hall–Kier alpha value is -4.79. The van der Waals surface area contributed by atoms with E-state index in [1.165, 1.54) is 14.2 Å². The molecule has 0 spiro atoms. The highest BCUT2D eigenvalue weighted by molar-refractivity contribution is 14.1. The molecule has 0 aliphatic carbocycles. The fourth-order valence-corrected chi connectivity index (χ4v) is 6.07. The predicted octanol–water partition coefficient (Wildman–Crippen LogP) is 7.41. The Kier molecular flexibility index (Phi) is 13.9. The lowest BCUT2D eigenvalue weighted by molar-refractivity contribution is 0.0592. The molecule has 0 saturated carbocycles. The zero-order valence-corrected chi connectivity index (χ0v) is 30.8. The molecule has 2 atom stereocenters. The molecule has 2 aromatic heterocycles. The number of benzene rings is 3. The summed E-state index contributed by atoms with van der Waals surface area (Å²) < 4.78 is 10.4.